The van der Waals surface area contributed by atoms with Crippen LogP contribution in [0.2, 0.25) is 0 Å². The number of benzene rings is 1. The average molecular weight is 495 g/mol. The van der Waals surface area contributed by atoms with Crippen LogP contribution in [0.25, 0.3) is 0 Å². The summed E-state index contributed by atoms with van der Waals surface area (Å²) >= 11 is 0. The first kappa shape index (κ1) is 23.2. The van der Waals surface area contributed by atoms with Gasteiger partial charge >= 0.3 is 0 Å². The zero-order valence-corrected chi connectivity index (χ0v) is 17.4. The summed E-state index contributed by atoms with van der Waals surface area (Å²) in [6.07, 6.45) is 2.43. The second-order valence-electron chi connectivity index (χ2n) is 5.34. The van der Waals surface area contributed by atoms with Gasteiger partial charge in [-0.2, -0.15) is 0 Å². The molecule has 0 spiro atoms. The normalized spacial score (nSPS) is 11.0. The molecule has 0 aliphatic heterocycles. The lowest BCUT2D eigenvalue weighted by Crippen LogP contribution is -2.39. The highest BCUT2D eigenvalue weighted by Gasteiger charge is 2.03. The Kier molecular flexibility index (Phi) is 11.4. The van der Waals surface area contributed by atoms with Gasteiger partial charge in [0.05, 0.1) is 12.8 Å². The SMILES string of the molecule is CN=C(NCCCOCc1ccco1)NCCOc1ccc(F)c(F)c1.I. The highest BCUT2D eigenvalue weighted by Crippen LogP contribution is 2.14. The summed E-state index contributed by atoms with van der Waals surface area (Å²) in [5.74, 6) is -0.112. The Hall–Kier alpha value is -1.88. The molecule has 2 aromatic rings. The van der Waals surface area contributed by atoms with E-state index in [1.165, 1.54) is 6.07 Å². The van der Waals surface area contributed by atoms with Crippen LogP contribution in [0.1, 0.15) is 12.2 Å². The van der Waals surface area contributed by atoms with Gasteiger partial charge in [0, 0.05) is 26.3 Å². The first-order valence-electron chi connectivity index (χ1n) is 8.31. The number of ether oxygens (including phenoxy) is 2. The number of hydrogen-bond donors (Lipinski definition) is 2. The van der Waals surface area contributed by atoms with Crippen molar-refractivity contribution < 1.29 is 22.7 Å². The van der Waals surface area contributed by atoms with E-state index in [0.717, 1.165) is 24.3 Å². The van der Waals surface area contributed by atoms with Crippen molar-refractivity contribution in [3.8, 4) is 5.75 Å². The third-order valence-electron chi connectivity index (χ3n) is 3.36. The van der Waals surface area contributed by atoms with Crippen molar-refractivity contribution in [2.45, 2.75) is 13.0 Å². The van der Waals surface area contributed by atoms with Gasteiger partial charge < -0.3 is 24.5 Å². The molecule has 2 N–H and O–H groups in total. The van der Waals surface area contributed by atoms with Gasteiger partial charge in [-0.15, -0.1) is 24.0 Å². The van der Waals surface area contributed by atoms with E-state index in [0.29, 0.717) is 32.3 Å². The Bertz CT molecular complexity index is 684. The molecule has 27 heavy (non-hydrogen) atoms. The fourth-order valence-corrected chi connectivity index (χ4v) is 2.07. The quantitative estimate of drug-likeness (QED) is 0.229. The predicted molar refractivity (Wildman–Crippen MR) is 110 cm³/mol. The third kappa shape index (κ3) is 9.05. The summed E-state index contributed by atoms with van der Waals surface area (Å²) in [5, 5.41) is 6.22. The minimum Gasteiger partial charge on any atom is -0.492 e. The average Bonchev–Trinajstić information content (AvgIpc) is 3.16. The van der Waals surface area contributed by atoms with Crippen LogP contribution in [-0.4, -0.2) is 39.3 Å². The maximum absolute atomic E-state index is 13.1. The van der Waals surface area contributed by atoms with Crippen molar-refractivity contribution in [2.24, 2.45) is 4.99 Å². The molecule has 0 aliphatic carbocycles. The molecule has 0 saturated heterocycles. The maximum atomic E-state index is 13.1. The fraction of sp³-hybridized carbons (Fsp3) is 0.389. The first-order chi connectivity index (χ1) is 12.7. The lowest BCUT2D eigenvalue weighted by molar-refractivity contribution is 0.105. The van der Waals surface area contributed by atoms with Crippen LogP contribution >= 0.6 is 24.0 Å². The molecular formula is C18H24F2IN3O3. The van der Waals surface area contributed by atoms with E-state index < -0.39 is 11.6 Å². The number of guanidine groups is 1. The largest absolute Gasteiger partial charge is 0.492 e. The van der Waals surface area contributed by atoms with Gasteiger partial charge in [0.25, 0.3) is 0 Å². The van der Waals surface area contributed by atoms with Crippen molar-refractivity contribution in [1.82, 2.24) is 10.6 Å². The van der Waals surface area contributed by atoms with Crippen LogP contribution in [0.4, 0.5) is 8.78 Å². The zero-order chi connectivity index (χ0) is 18.6. The molecule has 150 valence electrons. The number of hydrogen-bond acceptors (Lipinski definition) is 4. The summed E-state index contributed by atoms with van der Waals surface area (Å²) in [5.41, 5.74) is 0. The monoisotopic (exact) mass is 495 g/mol. The lowest BCUT2D eigenvalue weighted by atomic mass is 10.3. The molecule has 2 rings (SSSR count). The van der Waals surface area contributed by atoms with Crippen molar-refractivity contribution in [3.63, 3.8) is 0 Å². The smallest absolute Gasteiger partial charge is 0.191 e. The standard InChI is InChI=1S/C18H23F2N3O3.HI/c1-21-18(22-7-3-9-24-13-15-4-2-10-25-15)23-8-11-26-14-5-6-16(19)17(20)12-14;/h2,4-6,10,12H,3,7-9,11,13H2,1H3,(H2,21,22,23);1H. The molecule has 0 atom stereocenters. The summed E-state index contributed by atoms with van der Waals surface area (Å²) in [4.78, 5) is 4.09. The first-order valence-corrected chi connectivity index (χ1v) is 8.31. The molecule has 1 heterocycles. The molecular weight excluding hydrogens is 471 g/mol. The number of nitrogens with zero attached hydrogens (tertiary/aromatic N) is 1. The molecule has 0 saturated carbocycles. The Labute approximate surface area is 174 Å². The topological polar surface area (TPSA) is 68.0 Å². The molecule has 0 bridgehead atoms. The second kappa shape index (κ2) is 13.3. The van der Waals surface area contributed by atoms with Crippen molar-refractivity contribution in [1.29, 1.82) is 0 Å². The summed E-state index contributed by atoms with van der Waals surface area (Å²) in [6, 6.07) is 7.13. The van der Waals surface area contributed by atoms with Gasteiger partial charge in [-0.25, -0.2) is 8.78 Å². The predicted octanol–water partition coefficient (Wildman–Crippen LogP) is 3.33. The Morgan fingerprint density at radius 3 is 2.63 bits per heavy atom. The fourth-order valence-electron chi connectivity index (χ4n) is 2.07. The molecule has 0 fully saturated rings. The van der Waals surface area contributed by atoms with Crippen LogP contribution in [0.5, 0.6) is 5.75 Å². The molecule has 0 radical (unpaired) electrons. The third-order valence-corrected chi connectivity index (χ3v) is 3.36. The Morgan fingerprint density at radius 2 is 1.93 bits per heavy atom. The molecule has 9 heteroatoms. The van der Waals surface area contributed by atoms with Gasteiger partial charge in [-0.1, -0.05) is 0 Å². The summed E-state index contributed by atoms with van der Waals surface area (Å²) < 4.78 is 41.9. The van der Waals surface area contributed by atoms with E-state index in [-0.39, 0.29) is 36.3 Å². The molecule has 0 amide bonds. The van der Waals surface area contributed by atoms with Gasteiger partial charge in [-0.05, 0) is 30.7 Å². The number of aliphatic imine (C=N–C) groups is 1. The van der Waals surface area contributed by atoms with Gasteiger partial charge in [-0.3, -0.25) is 4.99 Å². The van der Waals surface area contributed by atoms with E-state index in [4.69, 9.17) is 13.9 Å². The number of halogens is 3. The molecule has 1 aromatic heterocycles. The van der Waals surface area contributed by atoms with Crippen molar-refractivity contribution in [2.75, 3.05) is 33.4 Å². The zero-order valence-electron chi connectivity index (χ0n) is 15.0. The van der Waals surface area contributed by atoms with Crippen LogP contribution in [-0.2, 0) is 11.3 Å². The molecule has 6 nitrogen and oxygen atoms in total. The molecule has 1 aromatic carbocycles. The van der Waals surface area contributed by atoms with Crippen LogP contribution < -0.4 is 15.4 Å². The summed E-state index contributed by atoms with van der Waals surface area (Å²) in [7, 11) is 1.67. The van der Waals surface area contributed by atoms with E-state index in [1.54, 1.807) is 13.3 Å². The number of rotatable bonds is 10. The van der Waals surface area contributed by atoms with Crippen LogP contribution in [0, 0.1) is 11.6 Å². The second-order valence-corrected chi connectivity index (χ2v) is 5.34. The molecule has 0 unspecified atom stereocenters. The van der Waals surface area contributed by atoms with Crippen LogP contribution in [0.3, 0.4) is 0 Å². The lowest BCUT2D eigenvalue weighted by Gasteiger charge is -2.12. The van der Waals surface area contributed by atoms with E-state index >= 15 is 0 Å². The highest BCUT2D eigenvalue weighted by molar-refractivity contribution is 14.0. The van der Waals surface area contributed by atoms with E-state index in [2.05, 4.69) is 15.6 Å². The Balaban J connectivity index is 0.00000364. The van der Waals surface area contributed by atoms with Gasteiger partial charge in [0.2, 0.25) is 0 Å². The van der Waals surface area contributed by atoms with Gasteiger partial charge in [0.1, 0.15) is 24.7 Å². The van der Waals surface area contributed by atoms with Gasteiger partial charge in [0.15, 0.2) is 17.6 Å². The van der Waals surface area contributed by atoms with Crippen molar-refractivity contribution in [3.05, 3.63) is 54.0 Å². The highest BCUT2D eigenvalue weighted by atomic mass is 127. The van der Waals surface area contributed by atoms with Crippen molar-refractivity contribution >= 4 is 29.9 Å². The maximum Gasteiger partial charge on any atom is 0.191 e. The Morgan fingerprint density at radius 1 is 1.11 bits per heavy atom. The minimum absolute atomic E-state index is 0. The van der Waals surface area contributed by atoms with Crippen LogP contribution in [0.15, 0.2) is 46.0 Å². The van der Waals surface area contributed by atoms with E-state index in [9.17, 15) is 8.78 Å². The number of nitrogens with one attached hydrogen (secondary N) is 2. The molecule has 0 aliphatic rings. The summed E-state index contributed by atoms with van der Waals surface area (Å²) in [6.45, 7) is 2.51. The number of furan rings is 1. The minimum atomic E-state index is -0.929. The van der Waals surface area contributed by atoms with E-state index in [1.807, 2.05) is 12.1 Å².